The summed E-state index contributed by atoms with van der Waals surface area (Å²) in [5.41, 5.74) is 1.16. The molecule has 0 amide bonds. The van der Waals surface area contributed by atoms with Gasteiger partial charge in [0, 0.05) is 25.3 Å². The standard InChI is InChI=1S/C18H25NO3/c1-2-21-12-13-22-18-9-8-15-6-3-4-7-16(15)17(18)14-19-10-5-11-20/h3-4,6-9,19-20H,2,5,10-14H2,1H3. The van der Waals surface area contributed by atoms with Crippen LogP contribution in [-0.4, -0.2) is 38.1 Å². The van der Waals surface area contributed by atoms with E-state index in [1.165, 1.54) is 10.8 Å². The van der Waals surface area contributed by atoms with Crippen molar-refractivity contribution in [2.45, 2.75) is 19.9 Å². The van der Waals surface area contributed by atoms with Gasteiger partial charge in [-0.15, -0.1) is 0 Å². The van der Waals surface area contributed by atoms with Crippen molar-refractivity contribution in [1.29, 1.82) is 0 Å². The average Bonchev–Trinajstić information content (AvgIpc) is 2.56. The largest absolute Gasteiger partial charge is 0.491 e. The van der Waals surface area contributed by atoms with Gasteiger partial charge in [-0.1, -0.05) is 30.3 Å². The summed E-state index contributed by atoms with van der Waals surface area (Å²) in [4.78, 5) is 0. The molecule has 22 heavy (non-hydrogen) atoms. The molecule has 2 rings (SSSR count). The Balaban J connectivity index is 2.13. The number of aliphatic hydroxyl groups excluding tert-OH is 1. The number of fused-ring (bicyclic) bond motifs is 1. The summed E-state index contributed by atoms with van der Waals surface area (Å²) < 4.78 is 11.2. The minimum Gasteiger partial charge on any atom is -0.491 e. The molecule has 0 saturated carbocycles. The SMILES string of the molecule is CCOCCOc1ccc2ccccc2c1CNCCCO. The lowest BCUT2D eigenvalue weighted by Gasteiger charge is -2.15. The second-order valence-electron chi connectivity index (χ2n) is 5.06. The van der Waals surface area contributed by atoms with Crippen LogP contribution in [0.5, 0.6) is 5.75 Å². The first-order valence-electron chi connectivity index (χ1n) is 7.89. The van der Waals surface area contributed by atoms with Crippen LogP contribution in [0.15, 0.2) is 36.4 Å². The lowest BCUT2D eigenvalue weighted by Crippen LogP contribution is -2.17. The number of rotatable bonds is 10. The summed E-state index contributed by atoms with van der Waals surface area (Å²) in [6.07, 6.45) is 0.755. The highest BCUT2D eigenvalue weighted by molar-refractivity contribution is 5.87. The van der Waals surface area contributed by atoms with Crippen LogP contribution in [-0.2, 0) is 11.3 Å². The van der Waals surface area contributed by atoms with Crippen LogP contribution in [0, 0.1) is 0 Å². The molecule has 0 radical (unpaired) electrons. The van der Waals surface area contributed by atoms with E-state index in [0.717, 1.165) is 30.8 Å². The van der Waals surface area contributed by atoms with E-state index in [-0.39, 0.29) is 6.61 Å². The maximum atomic E-state index is 8.88. The molecule has 0 aromatic heterocycles. The first-order chi connectivity index (χ1) is 10.9. The second kappa shape index (κ2) is 9.41. The molecule has 0 heterocycles. The molecule has 2 N–H and O–H groups in total. The van der Waals surface area contributed by atoms with Gasteiger partial charge in [0.05, 0.1) is 6.61 Å². The minimum atomic E-state index is 0.209. The van der Waals surface area contributed by atoms with Crippen molar-refractivity contribution in [2.75, 3.05) is 33.0 Å². The van der Waals surface area contributed by atoms with Crippen molar-refractivity contribution >= 4 is 10.8 Å². The Morgan fingerprint density at radius 1 is 1.09 bits per heavy atom. The van der Waals surface area contributed by atoms with Gasteiger partial charge in [0.15, 0.2) is 0 Å². The van der Waals surface area contributed by atoms with Gasteiger partial charge in [-0.3, -0.25) is 0 Å². The predicted molar refractivity (Wildman–Crippen MR) is 89.3 cm³/mol. The monoisotopic (exact) mass is 303 g/mol. The van der Waals surface area contributed by atoms with Gasteiger partial charge < -0.3 is 19.9 Å². The Hall–Kier alpha value is -1.62. The van der Waals surface area contributed by atoms with Crippen LogP contribution < -0.4 is 10.1 Å². The van der Waals surface area contributed by atoms with Crippen molar-refractivity contribution in [3.63, 3.8) is 0 Å². The lowest BCUT2D eigenvalue weighted by molar-refractivity contribution is 0.110. The lowest BCUT2D eigenvalue weighted by atomic mass is 10.0. The fourth-order valence-corrected chi connectivity index (χ4v) is 2.41. The third-order valence-electron chi connectivity index (χ3n) is 3.50. The number of hydrogen-bond acceptors (Lipinski definition) is 4. The van der Waals surface area contributed by atoms with E-state index < -0.39 is 0 Å². The zero-order valence-electron chi connectivity index (χ0n) is 13.2. The van der Waals surface area contributed by atoms with Crippen molar-refractivity contribution in [3.8, 4) is 5.75 Å². The highest BCUT2D eigenvalue weighted by atomic mass is 16.5. The Kier molecular flexibility index (Phi) is 7.16. The number of hydrogen-bond donors (Lipinski definition) is 2. The van der Waals surface area contributed by atoms with Crippen molar-refractivity contribution in [1.82, 2.24) is 5.32 Å². The molecule has 2 aromatic carbocycles. The van der Waals surface area contributed by atoms with E-state index in [2.05, 4.69) is 23.5 Å². The Morgan fingerprint density at radius 2 is 1.95 bits per heavy atom. The predicted octanol–water partition coefficient (Wildman–Crippen LogP) is 2.73. The maximum Gasteiger partial charge on any atom is 0.124 e. The van der Waals surface area contributed by atoms with E-state index in [9.17, 15) is 0 Å². The highest BCUT2D eigenvalue weighted by Gasteiger charge is 2.08. The molecule has 4 heteroatoms. The van der Waals surface area contributed by atoms with Gasteiger partial charge in [-0.2, -0.15) is 0 Å². The maximum absolute atomic E-state index is 8.88. The van der Waals surface area contributed by atoms with Crippen LogP contribution in [0.3, 0.4) is 0 Å². The first-order valence-corrected chi connectivity index (χ1v) is 7.89. The van der Waals surface area contributed by atoms with E-state index in [1.54, 1.807) is 0 Å². The fraction of sp³-hybridized carbons (Fsp3) is 0.444. The molecule has 0 spiro atoms. The molecule has 0 unspecified atom stereocenters. The van der Waals surface area contributed by atoms with E-state index in [4.69, 9.17) is 14.6 Å². The molecule has 0 aliphatic heterocycles. The van der Waals surface area contributed by atoms with Gasteiger partial charge >= 0.3 is 0 Å². The number of nitrogens with one attached hydrogen (secondary N) is 1. The molecule has 0 fully saturated rings. The summed E-state index contributed by atoms with van der Waals surface area (Å²) >= 11 is 0. The Morgan fingerprint density at radius 3 is 2.77 bits per heavy atom. The molecule has 0 atom stereocenters. The molecular formula is C18H25NO3. The summed E-state index contributed by atoms with van der Waals surface area (Å²) in [6, 6.07) is 12.4. The molecule has 0 aliphatic carbocycles. The minimum absolute atomic E-state index is 0.209. The quantitative estimate of drug-likeness (QED) is 0.663. The number of ether oxygens (including phenoxy) is 2. The number of benzene rings is 2. The van der Waals surface area contributed by atoms with Crippen LogP contribution in [0.25, 0.3) is 10.8 Å². The average molecular weight is 303 g/mol. The molecule has 2 aromatic rings. The molecule has 0 bridgehead atoms. The van der Waals surface area contributed by atoms with Crippen molar-refractivity contribution in [2.24, 2.45) is 0 Å². The van der Waals surface area contributed by atoms with E-state index in [1.807, 2.05) is 25.1 Å². The fourth-order valence-electron chi connectivity index (χ4n) is 2.41. The third-order valence-corrected chi connectivity index (χ3v) is 3.50. The van der Waals surface area contributed by atoms with E-state index >= 15 is 0 Å². The summed E-state index contributed by atoms with van der Waals surface area (Å²) in [5.74, 6) is 0.898. The highest BCUT2D eigenvalue weighted by Crippen LogP contribution is 2.28. The normalized spacial score (nSPS) is 11.0. The van der Waals surface area contributed by atoms with Crippen LogP contribution in [0.1, 0.15) is 18.9 Å². The van der Waals surface area contributed by atoms with Gasteiger partial charge in [0.25, 0.3) is 0 Å². The molecular weight excluding hydrogens is 278 g/mol. The van der Waals surface area contributed by atoms with Crippen molar-refractivity contribution < 1.29 is 14.6 Å². The van der Waals surface area contributed by atoms with Gasteiger partial charge in [-0.25, -0.2) is 0 Å². The van der Waals surface area contributed by atoms with Gasteiger partial charge in [-0.05, 0) is 36.7 Å². The summed E-state index contributed by atoms with van der Waals surface area (Å²) in [5, 5.41) is 14.7. The third kappa shape index (κ3) is 4.70. The molecule has 0 saturated heterocycles. The molecule has 4 nitrogen and oxygen atoms in total. The Labute approximate surface area is 132 Å². The van der Waals surface area contributed by atoms with Gasteiger partial charge in [0.2, 0.25) is 0 Å². The molecule has 120 valence electrons. The zero-order valence-corrected chi connectivity index (χ0v) is 13.2. The molecule has 0 aliphatic rings. The van der Waals surface area contributed by atoms with Crippen LogP contribution >= 0.6 is 0 Å². The van der Waals surface area contributed by atoms with Crippen molar-refractivity contribution in [3.05, 3.63) is 42.0 Å². The van der Waals surface area contributed by atoms with Crippen LogP contribution in [0.4, 0.5) is 0 Å². The van der Waals surface area contributed by atoms with Crippen LogP contribution in [0.2, 0.25) is 0 Å². The van der Waals surface area contributed by atoms with E-state index in [0.29, 0.717) is 19.8 Å². The summed E-state index contributed by atoms with van der Waals surface area (Å²) in [6.45, 7) is 5.56. The second-order valence-corrected chi connectivity index (χ2v) is 5.06. The Bertz CT molecular complexity index is 571. The smallest absolute Gasteiger partial charge is 0.124 e. The zero-order chi connectivity index (χ0) is 15.6. The first kappa shape index (κ1) is 16.7. The number of aliphatic hydroxyl groups is 1. The summed E-state index contributed by atoms with van der Waals surface area (Å²) in [7, 11) is 0. The topological polar surface area (TPSA) is 50.7 Å². The van der Waals surface area contributed by atoms with Gasteiger partial charge in [0.1, 0.15) is 12.4 Å².